The lowest BCUT2D eigenvalue weighted by atomic mass is 9.74. The summed E-state index contributed by atoms with van der Waals surface area (Å²) in [7, 11) is 0. The van der Waals surface area contributed by atoms with Crippen LogP contribution >= 0.6 is 0 Å². The Morgan fingerprint density at radius 3 is 1.76 bits per heavy atom. The van der Waals surface area contributed by atoms with E-state index in [9.17, 15) is 31.1 Å². The van der Waals surface area contributed by atoms with Crippen molar-refractivity contribution in [2.24, 2.45) is 11.8 Å². The van der Waals surface area contributed by atoms with Gasteiger partial charge in [-0.3, -0.25) is 0 Å². The standard InChI is InChI=1S/C10H12F6O/c11-8(12)9(13,10(14,15)16)7-3-1-6(5-17)2-4-7/h5-8H,1-4H2. The van der Waals surface area contributed by atoms with Gasteiger partial charge in [0.1, 0.15) is 6.29 Å². The largest absolute Gasteiger partial charge is 0.428 e. The first kappa shape index (κ1) is 14.3. The number of aldehydes is 1. The van der Waals surface area contributed by atoms with Crippen molar-refractivity contribution < 1.29 is 31.1 Å². The van der Waals surface area contributed by atoms with E-state index in [0.717, 1.165) is 0 Å². The first-order chi connectivity index (χ1) is 7.73. The Hall–Kier alpha value is -0.750. The molecule has 0 heterocycles. The van der Waals surface area contributed by atoms with Crippen molar-refractivity contribution in [1.82, 2.24) is 0 Å². The van der Waals surface area contributed by atoms with Crippen molar-refractivity contribution in [1.29, 1.82) is 0 Å². The number of alkyl halides is 6. The molecule has 17 heavy (non-hydrogen) atoms. The molecule has 0 saturated heterocycles. The van der Waals surface area contributed by atoms with Gasteiger partial charge in [-0.1, -0.05) is 0 Å². The van der Waals surface area contributed by atoms with Gasteiger partial charge < -0.3 is 4.79 Å². The number of carbonyl (C=O) groups is 1. The fraction of sp³-hybridized carbons (Fsp3) is 0.900. The Balaban J connectivity index is 2.84. The summed E-state index contributed by atoms with van der Waals surface area (Å²) in [6.07, 6.45) is -9.73. The molecule has 0 spiro atoms. The highest BCUT2D eigenvalue weighted by atomic mass is 19.4. The van der Waals surface area contributed by atoms with Gasteiger partial charge >= 0.3 is 6.18 Å². The van der Waals surface area contributed by atoms with E-state index in [0.29, 0.717) is 6.29 Å². The Labute approximate surface area is 94.2 Å². The van der Waals surface area contributed by atoms with E-state index < -0.39 is 30.1 Å². The number of rotatable bonds is 3. The first-order valence-corrected chi connectivity index (χ1v) is 5.22. The van der Waals surface area contributed by atoms with Gasteiger partial charge in [-0.15, -0.1) is 0 Å². The lowest BCUT2D eigenvalue weighted by Gasteiger charge is -2.37. The summed E-state index contributed by atoms with van der Waals surface area (Å²) in [5.74, 6) is -2.21. The third kappa shape index (κ3) is 2.57. The summed E-state index contributed by atoms with van der Waals surface area (Å²) in [5.41, 5.74) is -4.46. The highest BCUT2D eigenvalue weighted by Gasteiger charge is 2.66. The molecule has 1 unspecified atom stereocenters. The molecule has 1 rings (SSSR count). The van der Waals surface area contributed by atoms with Crippen molar-refractivity contribution in [3.63, 3.8) is 0 Å². The lowest BCUT2D eigenvalue weighted by Crippen LogP contribution is -2.54. The molecule has 1 aliphatic rings. The predicted molar refractivity (Wildman–Crippen MR) is 47.4 cm³/mol. The van der Waals surface area contributed by atoms with Crippen LogP contribution in [0, 0.1) is 11.8 Å². The summed E-state index contributed by atoms with van der Waals surface area (Å²) in [4.78, 5) is 10.4. The number of hydrogen-bond acceptors (Lipinski definition) is 1. The molecular formula is C10H12F6O. The summed E-state index contributed by atoms with van der Waals surface area (Å²) in [6.45, 7) is 0. The maximum atomic E-state index is 13.6. The quantitative estimate of drug-likeness (QED) is 0.561. The number of halogens is 6. The van der Waals surface area contributed by atoms with Crippen LogP contribution in [0.3, 0.4) is 0 Å². The highest BCUT2D eigenvalue weighted by molar-refractivity contribution is 5.53. The van der Waals surface area contributed by atoms with Gasteiger partial charge in [0.05, 0.1) is 0 Å². The third-order valence-electron chi connectivity index (χ3n) is 3.31. The van der Waals surface area contributed by atoms with Gasteiger partial charge in [-0.25, -0.2) is 13.2 Å². The fourth-order valence-electron chi connectivity index (χ4n) is 2.21. The highest BCUT2D eigenvalue weighted by Crippen LogP contribution is 2.49. The lowest BCUT2D eigenvalue weighted by molar-refractivity contribution is -0.289. The van der Waals surface area contributed by atoms with Crippen LogP contribution < -0.4 is 0 Å². The maximum Gasteiger partial charge on any atom is 0.428 e. The van der Waals surface area contributed by atoms with Crippen molar-refractivity contribution in [3.05, 3.63) is 0 Å². The molecule has 7 heteroatoms. The molecule has 1 saturated carbocycles. The average Bonchev–Trinajstić information content (AvgIpc) is 2.26. The summed E-state index contributed by atoms with van der Waals surface area (Å²) >= 11 is 0. The Kier molecular flexibility index (Phi) is 4.09. The van der Waals surface area contributed by atoms with Crippen LogP contribution in [0.15, 0.2) is 0 Å². The van der Waals surface area contributed by atoms with Gasteiger partial charge in [0.2, 0.25) is 0 Å². The Morgan fingerprint density at radius 1 is 1.00 bits per heavy atom. The molecule has 0 radical (unpaired) electrons. The SMILES string of the molecule is O=CC1CCC(C(F)(C(F)F)C(F)(F)F)CC1. The molecule has 1 aliphatic carbocycles. The first-order valence-electron chi connectivity index (χ1n) is 5.22. The van der Waals surface area contributed by atoms with Crippen LogP contribution in [0.2, 0.25) is 0 Å². The average molecular weight is 262 g/mol. The Morgan fingerprint density at radius 2 is 1.47 bits per heavy atom. The van der Waals surface area contributed by atoms with Crippen LogP contribution in [0.25, 0.3) is 0 Å². The molecule has 1 fully saturated rings. The summed E-state index contributed by atoms with van der Waals surface area (Å²) < 4.78 is 75.5. The van der Waals surface area contributed by atoms with Gasteiger partial charge in [0.25, 0.3) is 12.1 Å². The second kappa shape index (κ2) is 4.86. The van der Waals surface area contributed by atoms with E-state index in [1.165, 1.54) is 0 Å². The molecule has 0 aromatic heterocycles. The van der Waals surface area contributed by atoms with Crippen LogP contribution in [-0.4, -0.2) is 24.6 Å². The van der Waals surface area contributed by atoms with Crippen LogP contribution in [0.1, 0.15) is 25.7 Å². The van der Waals surface area contributed by atoms with E-state index in [1.807, 2.05) is 0 Å². The molecule has 0 aliphatic heterocycles. The van der Waals surface area contributed by atoms with E-state index in [4.69, 9.17) is 0 Å². The van der Waals surface area contributed by atoms with E-state index in [-0.39, 0.29) is 25.7 Å². The monoisotopic (exact) mass is 262 g/mol. The van der Waals surface area contributed by atoms with Crippen LogP contribution in [-0.2, 0) is 4.79 Å². The van der Waals surface area contributed by atoms with Crippen molar-refractivity contribution >= 4 is 6.29 Å². The zero-order valence-corrected chi connectivity index (χ0v) is 8.81. The topological polar surface area (TPSA) is 17.1 Å². The molecule has 0 bridgehead atoms. The normalized spacial score (nSPS) is 30.1. The van der Waals surface area contributed by atoms with Crippen LogP contribution in [0.5, 0.6) is 0 Å². The molecule has 0 N–H and O–H groups in total. The minimum absolute atomic E-state index is 0.0304. The van der Waals surface area contributed by atoms with E-state index in [2.05, 4.69) is 0 Å². The minimum atomic E-state index is -5.58. The smallest absolute Gasteiger partial charge is 0.303 e. The van der Waals surface area contributed by atoms with Gasteiger partial charge in [-0.2, -0.15) is 13.2 Å². The zero-order valence-electron chi connectivity index (χ0n) is 8.81. The predicted octanol–water partition coefficient (Wildman–Crippen LogP) is 3.53. The van der Waals surface area contributed by atoms with Gasteiger partial charge in [-0.05, 0) is 25.7 Å². The number of carbonyl (C=O) groups excluding carboxylic acids is 1. The molecule has 1 nitrogen and oxygen atoms in total. The van der Waals surface area contributed by atoms with Crippen molar-refractivity contribution in [3.8, 4) is 0 Å². The van der Waals surface area contributed by atoms with Crippen LogP contribution in [0.4, 0.5) is 26.3 Å². The van der Waals surface area contributed by atoms with Crippen molar-refractivity contribution in [2.75, 3.05) is 0 Å². The van der Waals surface area contributed by atoms with Crippen molar-refractivity contribution in [2.45, 2.75) is 44.0 Å². The molecule has 0 amide bonds. The molecular weight excluding hydrogens is 250 g/mol. The van der Waals surface area contributed by atoms with Gasteiger partial charge in [0, 0.05) is 11.8 Å². The molecule has 100 valence electrons. The molecule has 1 atom stereocenters. The third-order valence-corrected chi connectivity index (χ3v) is 3.31. The summed E-state index contributed by atoms with van der Waals surface area (Å²) in [6, 6.07) is 0. The molecule has 0 aromatic rings. The number of hydrogen-bond donors (Lipinski definition) is 0. The van der Waals surface area contributed by atoms with E-state index >= 15 is 0 Å². The Bertz CT molecular complexity index is 268. The molecule has 0 aromatic carbocycles. The minimum Gasteiger partial charge on any atom is -0.303 e. The summed E-state index contributed by atoms with van der Waals surface area (Å²) in [5, 5.41) is 0. The van der Waals surface area contributed by atoms with Gasteiger partial charge in [0.15, 0.2) is 0 Å². The van der Waals surface area contributed by atoms with E-state index in [1.54, 1.807) is 0 Å². The zero-order chi connectivity index (χ0) is 13.3. The maximum absolute atomic E-state index is 13.6. The second-order valence-electron chi connectivity index (χ2n) is 4.31. The fourth-order valence-corrected chi connectivity index (χ4v) is 2.21. The second-order valence-corrected chi connectivity index (χ2v) is 4.31.